The van der Waals surface area contributed by atoms with Crippen molar-refractivity contribution in [2.75, 3.05) is 19.4 Å². The van der Waals surface area contributed by atoms with Gasteiger partial charge in [-0.25, -0.2) is 17.5 Å². The Hall–Kier alpha value is -2.38. The molecule has 152 valence electrons. The van der Waals surface area contributed by atoms with Crippen LogP contribution in [-0.4, -0.2) is 38.9 Å². The van der Waals surface area contributed by atoms with Crippen LogP contribution < -0.4 is 10.6 Å². The Morgan fingerprint density at radius 1 is 1.11 bits per heavy atom. The molecule has 2 aromatic carbocycles. The van der Waals surface area contributed by atoms with Crippen LogP contribution in [0.2, 0.25) is 0 Å². The van der Waals surface area contributed by atoms with E-state index in [1.54, 1.807) is 6.07 Å². The normalized spacial score (nSPS) is 12.6. The molecule has 2 rings (SSSR count). The first-order valence-electron chi connectivity index (χ1n) is 9.26. The number of carbonyl (C=O) groups excluding carboxylic acids is 1. The standard InChI is InChI=1S/C21H29N3O3S/c1-15-13-19(28(26,27)24(4)5)14-20(17(15)3)23-21(25)22-16(2)11-12-18-9-7-6-8-10-18/h6-10,13-14,16H,11-12H2,1-5H3,(H2,22,23,25)/t16-/m0/s1. The summed E-state index contributed by atoms with van der Waals surface area (Å²) < 4.78 is 26.0. The lowest BCUT2D eigenvalue weighted by Gasteiger charge is -2.18. The van der Waals surface area contributed by atoms with Crippen LogP contribution in [0.1, 0.15) is 30.0 Å². The molecule has 0 unspecified atom stereocenters. The molecule has 1 atom stereocenters. The summed E-state index contributed by atoms with van der Waals surface area (Å²) in [5, 5.41) is 5.71. The van der Waals surface area contributed by atoms with Gasteiger partial charge in [-0.3, -0.25) is 0 Å². The number of anilines is 1. The van der Waals surface area contributed by atoms with Gasteiger partial charge in [-0.15, -0.1) is 0 Å². The van der Waals surface area contributed by atoms with E-state index in [2.05, 4.69) is 22.8 Å². The van der Waals surface area contributed by atoms with Gasteiger partial charge in [0.15, 0.2) is 0 Å². The number of urea groups is 1. The fourth-order valence-corrected chi connectivity index (χ4v) is 3.81. The summed E-state index contributed by atoms with van der Waals surface area (Å²) in [5.74, 6) is 0. The van der Waals surface area contributed by atoms with Gasteiger partial charge in [0.05, 0.1) is 4.90 Å². The van der Waals surface area contributed by atoms with Gasteiger partial charge in [0.2, 0.25) is 10.0 Å². The lowest BCUT2D eigenvalue weighted by atomic mass is 10.1. The molecule has 2 N–H and O–H groups in total. The van der Waals surface area contributed by atoms with Crippen molar-refractivity contribution in [1.82, 2.24) is 9.62 Å². The first-order valence-corrected chi connectivity index (χ1v) is 10.7. The van der Waals surface area contributed by atoms with Gasteiger partial charge in [-0.05, 0) is 62.4 Å². The highest BCUT2D eigenvalue weighted by atomic mass is 32.2. The number of carbonyl (C=O) groups is 1. The van der Waals surface area contributed by atoms with E-state index < -0.39 is 10.0 Å². The third-order valence-corrected chi connectivity index (χ3v) is 6.55. The smallest absolute Gasteiger partial charge is 0.319 e. The highest BCUT2D eigenvalue weighted by Gasteiger charge is 2.20. The van der Waals surface area contributed by atoms with Gasteiger partial charge in [-0.1, -0.05) is 30.3 Å². The predicted molar refractivity (Wildman–Crippen MR) is 113 cm³/mol. The first kappa shape index (κ1) is 21.9. The second kappa shape index (κ2) is 9.21. The highest BCUT2D eigenvalue weighted by molar-refractivity contribution is 7.89. The quantitative estimate of drug-likeness (QED) is 0.740. The van der Waals surface area contributed by atoms with Gasteiger partial charge in [0.25, 0.3) is 0 Å². The molecule has 0 aliphatic carbocycles. The molecule has 2 aromatic rings. The third kappa shape index (κ3) is 5.56. The summed E-state index contributed by atoms with van der Waals surface area (Å²) in [5.41, 5.74) is 3.36. The van der Waals surface area contributed by atoms with Gasteiger partial charge in [-0.2, -0.15) is 0 Å². The number of hydrogen-bond acceptors (Lipinski definition) is 3. The van der Waals surface area contributed by atoms with Crippen molar-refractivity contribution in [1.29, 1.82) is 0 Å². The van der Waals surface area contributed by atoms with Crippen molar-refractivity contribution >= 4 is 21.7 Å². The van der Waals surface area contributed by atoms with Crippen LogP contribution in [0.3, 0.4) is 0 Å². The molecule has 0 heterocycles. The fourth-order valence-electron chi connectivity index (χ4n) is 2.80. The largest absolute Gasteiger partial charge is 0.335 e. The summed E-state index contributed by atoms with van der Waals surface area (Å²) >= 11 is 0. The number of benzene rings is 2. The molecular weight excluding hydrogens is 374 g/mol. The maximum Gasteiger partial charge on any atom is 0.319 e. The molecule has 0 aromatic heterocycles. The summed E-state index contributed by atoms with van der Waals surface area (Å²) in [6.07, 6.45) is 1.68. The van der Waals surface area contributed by atoms with E-state index in [9.17, 15) is 13.2 Å². The van der Waals surface area contributed by atoms with E-state index in [0.29, 0.717) is 5.69 Å². The minimum absolute atomic E-state index is 0.0182. The molecule has 0 aliphatic rings. The Morgan fingerprint density at radius 2 is 1.75 bits per heavy atom. The molecule has 0 saturated heterocycles. The van der Waals surface area contributed by atoms with Crippen LogP contribution in [0, 0.1) is 13.8 Å². The molecule has 0 bridgehead atoms. The van der Waals surface area contributed by atoms with Crippen LogP contribution >= 0.6 is 0 Å². The Kier molecular flexibility index (Phi) is 7.21. The molecule has 0 spiro atoms. The number of hydrogen-bond donors (Lipinski definition) is 2. The van der Waals surface area contributed by atoms with Gasteiger partial charge in [0.1, 0.15) is 0 Å². The van der Waals surface area contributed by atoms with Gasteiger partial charge in [0, 0.05) is 25.8 Å². The Balaban J connectivity index is 2.05. The van der Waals surface area contributed by atoms with E-state index in [1.165, 1.54) is 25.7 Å². The Bertz CT molecular complexity index is 925. The van der Waals surface area contributed by atoms with E-state index in [0.717, 1.165) is 28.3 Å². The summed E-state index contributed by atoms with van der Waals surface area (Å²) in [6.45, 7) is 5.64. The molecular formula is C21H29N3O3S. The van der Waals surface area contributed by atoms with E-state index in [-0.39, 0.29) is 17.0 Å². The number of amides is 2. The average molecular weight is 404 g/mol. The zero-order valence-electron chi connectivity index (χ0n) is 17.1. The number of nitrogens with zero attached hydrogens (tertiary/aromatic N) is 1. The van der Waals surface area contributed by atoms with E-state index in [4.69, 9.17) is 0 Å². The van der Waals surface area contributed by atoms with E-state index in [1.807, 2.05) is 39.0 Å². The van der Waals surface area contributed by atoms with Crippen LogP contribution in [0.4, 0.5) is 10.5 Å². The monoisotopic (exact) mass is 403 g/mol. The summed E-state index contributed by atoms with van der Waals surface area (Å²) in [7, 11) is -0.605. The van der Waals surface area contributed by atoms with Crippen LogP contribution in [0.15, 0.2) is 47.4 Å². The number of rotatable bonds is 7. The molecule has 0 saturated carbocycles. The maximum atomic E-state index is 12.4. The molecule has 7 heteroatoms. The highest BCUT2D eigenvalue weighted by Crippen LogP contribution is 2.25. The minimum Gasteiger partial charge on any atom is -0.335 e. The van der Waals surface area contributed by atoms with E-state index >= 15 is 0 Å². The second-order valence-corrected chi connectivity index (χ2v) is 9.38. The minimum atomic E-state index is -3.58. The summed E-state index contributed by atoms with van der Waals surface area (Å²) in [6, 6.07) is 12.9. The Labute approximate surface area is 168 Å². The summed E-state index contributed by atoms with van der Waals surface area (Å²) in [4.78, 5) is 12.6. The molecule has 28 heavy (non-hydrogen) atoms. The number of sulfonamides is 1. The van der Waals surface area contributed by atoms with Crippen molar-refractivity contribution in [2.24, 2.45) is 0 Å². The third-order valence-electron chi connectivity index (χ3n) is 4.75. The van der Waals surface area contributed by atoms with Gasteiger partial charge >= 0.3 is 6.03 Å². The van der Waals surface area contributed by atoms with Crippen LogP contribution in [0.25, 0.3) is 0 Å². The average Bonchev–Trinajstić information content (AvgIpc) is 2.64. The topological polar surface area (TPSA) is 78.5 Å². The SMILES string of the molecule is Cc1cc(S(=O)(=O)N(C)C)cc(NC(=O)N[C@@H](C)CCc2ccccc2)c1C. The molecule has 6 nitrogen and oxygen atoms in total. The predicted octanol–water partition coefficient (Wildman–Crippen LogP) is 3.70. The lowest BCUT2D eigenvalue weighted by Crippen LogP contribution is -2.36. The van der Waals surface area contributed by atoms with Gasteiger partial charge < -0.3 is 10.6 Å². The second-order valence-electron chi connectivity index (χ2n) is 7.22. The maximum absolute atomic E-state index is 12.4. The lowest BCUT2D eigenvalue weighted by molar-refractivity contribution is 0.248. The zero-order chi connectivity index (χ0) is 20.9. The number of aryl methyl sites for hydroxylation is 2. The molecule has 0 aliphatic heterocycles. The van der Waals surface area contributed by atoms with Crippen molar-refractivity contribution in [3.8, 4) is 0 Å². The fraction of sp³-hybridized carbons (Fsp3) is 0.381. The van der Waals surface area contributed by atoms with Crippen LogP contribution in [-0.2, 0) is 16.4 Å². The first-order chi connectivity index (χ1) is 13.1. The molecule has 2 amide bonds. The zero-order valence-corrected chi connectivity index (χ0v) is 17.9. The number of nitrogens with one attached hydrogen (secondary N) is 2. The van der Waals surface area contributed by atoms with Crippen LogP contribution in [0.5, 0.6) is 0 Å². The van der Waals surface area contributed by atoms with Crippen molar-refractivity contribution < 1.29 is 13.2 Å². The molecule has 0 radical (unpaired) electrons. The van der Waals surface area contributed by atoms with Crippen molar-refractivity contribution in [3.05, 3.63) is 59.2 Å². The van der Waals surface area contributed by atoms with Crippen molar-refractivity contribution in [2.45, 2.75) is 44.6 Å². The Morgan fingerprint density at radius 3 is 2.36 bits per heavy atom. The molecule has 0 fully saturated rings. The van der Waals surface area contributed by atoms with Crippen molar-refractivity contribution in [3.63, 3.8) is 0 Å².